The van der Waals surface area contributed by atoms with Crippen LogP contribution in [0.25, 0.3) is 11.1 Å². The van der Waals surface area contributed by atoms with Crippen molar-refractivity contribution < 1.29 is 42.2 Å². The lowest BCUT2D eigenvalue weighted by Gasteiger charge is -2.31. The molecule has 4 unspecified atom stereocenters. The number of esters is 1. The zero-order valence-electron chi connectivity index (χ0n) is 26.3. The van der Waals surface area contributed by atoms with Gasteiger partial charge in [0.2, 0.25) is 12.0 Å². The summed E-state index contributed by atoms with van der Waals surface area (Å²) in [6.45, 7) is 2.85. The van der Waals surface area contributed by atoms with E-state index in [1.165, 1.54) is 47.4 Å². The average Bonchev–Trinajstić information content (AvgIpc) is 3.09. The zero-order valence-corrected chi connectivity index (χ0v) is 26.3. The Labute approximate surface area is 276 Å². The second-order valence-electron chi connectivity index (χ2n) is 11.2. The van der Waals surface area contributed by atoms with Gasteiger partial charge >= 0.3 is 11.9 Å². The molecule has 2 N–H and O–H groups in total. The molecule has 48 heavy (non-hydrogen) atoms. The first kappa shape index (κ1) is 35.4. The van der Waals surface area contributed by atoms with Gasteiger partial charge in [0.05, 0.1) is 6.42 Å². The highest BCUT2D eigenvalue weighted by Gasteiger charge is 2.49. The van der Waals surface area contributed by atoms with E-state index in [1.807, 2.05) is 42.6 Å². The molecule has 4 rings (SSSR count). The normalized spacial score (nSPS) is 14.1. The molecule has 4 atom stereocenters. The van der Waals surface area contributed by atoms with E-state index in [4.69, 9.17) is 0 Å². The predicted octanol–water partition coefficient (Wildman–Crippen LogP) is 6.82. The van der Waals surface area contributed by atoms with Crippen molar-refractivity contribution >= 4 is 23.8 Å². The maximum Gasteiger partial charge on any atom is 0.305 e. The summed E-state index contributed by atoms with van der Waals surface area (Å²) < 4.78 is 51.0. The monoisotopic (exact) mass is 660 g/mol. The highest BCUT2D eigenvalue weighted by Crippen LogP contribution is 2.35. The van der Waals surface area contributed by atoms with Gasteiger partial charge in [0.1, 0.15) is 0 Å². The molecule has 0 saturated heterocycles. The molecule has 0 aliphatic rings. The van der Waals surface area contributed by atoms with Crippen molar-refractivity contribution in [2.75, 3.05) is 13.1 Å². The van der Waals surface area contributed by atoms with Crippen LogP contribution in [0.1, 0.15) is 58.0 Å². The maximum atomic E-state index is 16.6. The fourth-order valence-corrected chi connectivity index (χ4v) is 5.33. The van der Waals surface area contributed by atoms with Crippen molar-refractivity contribution in [3.8, 4) is 11.1 Å². The Morgan fingerprint density at radius 2 is 1.33 bits per heavy atom. The number of aliphatic carboxylic acids is 1. The number of halogens is 3. The van der Waals surface area contributed by atoms with Crippen LogP contribution >= 0.6 is 0 Å². The van der Waals surface area contributed by atoms with Crippen LogP contribution in [0, 0.1) is 0 Å². The van der Waals surface area contributed by atoms with Crippen molar-refractivity contribution in [2.45, 2.75) is 44.5 Å². The van der Waals surface area contributed by atoms with Gasteiger partial charge in [-0.3, -0.25) is 19.2 Å². The van der Waals surface area contributed by atoms with E-state index in [0.29, 0.717) is 0 Å². The molecule has 0 aliphatic carbocycles. The quantitative estimate of drug-likeness (QED) is 0.113. The second kappa shape index (κ2) is 15.9. The number of carboxylic acids is 1. The van der Waals surface area contributed by atoms with Crippen LogP contribution in [0.5, 0.6) is 0 Å². The largest absolute Gasteiger partial charge is 0.481 e. The van der Waals surface area contributed by atoms with E-state index in [0.717, 1.165) is 24.6 Å². The smallest absolute Gasteiger partial charge is 0.305 e. The van der Waals surface area contributed by atoms with Crippen molar-refractivity contribution in [1.82, 2.24) is 10.2 Å². The Bertz CT molecular complexity index is 1740. The molecule has 4 aromatic rings. The summed E-state index contributed by atoms with van der Waals surface area (Å²) in [6.07, 6.45) is -6.50. The van der Waals surface area contributed by atoms with Crippen molar-refractivity contribution in [3.63, 3.8) is 0 Å². The summed E-state index contributed by atoms with van der Waals surface area (Å²) in [5, 5.41) is 11.4. The van der Waals surface area contributed by atoms with Crippen LogP contribution in [0.3, 0.4) is 0 Å². The van der Waals surface area contributed by atoms with Crippen LogP contribution in [-0.4, -0.2) is 59.4 Å². The van der Waals surface area contributed by atoms with Crippen LogP contribution < -0.4 is 5.32 Å². The van der Waals surface area contributed by atoms with Crippen molar-refractivity contribution in [1.29, 1.82) is 0 Å². The van der Waals surface area contributed by atoms with Crippen molar-refractivity contribution in [2.24, 2.45) is 0 Å². The minimum atomic E-state index is -3.48. The fraction of sp³-hybridized carbons (Fsp3) is 0.243. The molecule has 11 heteroatoms. The predicted molar refractivity (Wildman–Crippen MR) is 173 cm³/mol. The number of carbonyl (C=O) groups is 4. The molecule has 2 amide bonds. The van der Waals surface area contributed by atoms with Crippen LogP contribution in [0.2, 0.25) is 0 Å². The number of alkyl halides is 3. The number of rotatable bonds is 14. The van der Waals surface area contributed by atoms with Gasteiger partial charge in [0.15, 0.2) is 0 Å². The van der Waals surface area contributed by atoms with E-state index in [2.05, 4.69) is 4.74 Å². The summed E-state index contributed by atoms with van der Waals surface area (Å²) >= 11 is 0. The first-order chi connectivity index (χ1) is 22.9. The molecule has 4 aromatic carbocycles. The molecule has 0 radical (unpaired) electrons. The molecule has 8 nitrogen and oxygen atoms in total. The number of carbonyl (C=O) groups excluding carboxylic acids is 3. The van der Waals surface area contributed by atoms with Crippen LogP contribution in [0.4, 0.5) is 13.2 Å². The minimum absolute atomic E-state index is 0.0894. The lowest BCUT2D eigenvalue weighted by molar-refractivity contribution is -0.173. The molecule has 0 spiro atoms. The summed E-state index contributed by atoms with van der Waals surface area (Å²) in [6, 6.07) is 28.2. The van der Waals surface area contributed by atoms with Gasteiger partial charge in [-0.2, -0.15) is 4.39 Å². The Balaban J connectivity index is 1.72. The fourth-order valence-electron chi connectivity index (χ4n) is 5.33. The SMILES string of the molecule is CC(=O)OC(F)C(F)C(F)(NC(=O)c1ccccc1-c1ccccc1C(=O)N(CCC(=O)O)CC(C)c1ccccc1)c1ccccc1. The second-order valence-corrected chi connectivity index (χ2v) is 11.2. The molecular formula is C37H35F3N2O6. The number of amides is 2. The first-order valence-electron chi connectivity index (χ1n) is 15.2. The first-order valence-corrected chi connectivity index (χ1v) is 15.2. The lowest BCUT2D eigenvalue weighted by atomic mass is 9.93. The average molecular weight is 661 g/mol. The summed E-state index contributed by atoms with van der Waals surface area (Å²) in [5.74, 6) is -7.54. The number of hydrogen-bond donors (Lipinski definition) is 2. The number of benzene rings is 4. The van der Waals surface area contributed by atoms with E-state index < -0.39 is 47.6 Å². The highest BCUT2D eigenvalue weighted by molar-refractivity contribution is 6.06. The number of hydrogen-bond acceptors (Lipinski definition) is 5. The van der Waals surface area contributed by atoms with Gasteiger partial charge < -0.3 is 20.1 Å². The number of carboxylic acid groups (broad SMARTS) is 1. The summed E-state index contributed by atoms with van der Waals surface area (Å²) in [7, 11) is 0. The molecule has 0 fully saturated rings. The molecule has 0 aromatic heterocycles. The van der Waals surface area contributed by atoms with Gasteiger partial charge in [-0.25, -0.2) is 8.78 Å². The number of nitrogens with one attached hydrogen (secondary N) is 1. The topological polar surface area (TPSA) is 113 Å². The van der Waals surface area contributed by atoms with E-state index >= 15 is 8.78 Å². The van der Waals surface area contributed by atoms with Crippen molar-refractivity contribution in [3.05, 3.63) is 131 Å². The van der Waals surface area contributed by atoms with Gasteiger partial charge in [-0.1, -0.05) is 104 Å². The van der Waals surface area contributed by atoms with Gasteiger partial charge in [-0.15, -0.1) is 0 Å². The molecular weight excluding hydrogens is 625 g/mol. The molecule has 0 aliphatic heterocycles. The van der Waals surface area contributed by atoms with Gasteiger partial charge in [0, 0.05) is 36.7 Å². The number of ether oxygens (including phenoxy) is 1. The summed E-state index contributed by atoms with van der Waals surface area (Å²) in [5.41, 5.74) is 0.932. The van der Waals surface area contributed by atoms with Crippen LogP contribution in [0.15, 0.2) is 109 Å². The minimum Gasteiger partial charge on any atom is -0.481 e. The lowest BCUT2D eigenvalue weighted by Crippen LogP contribution is -2.53. The molecule has 0 bridgehead atoms. The Kier molecular flexibility index (Phi) is 11.7. The Morgan fingerprint density at radius 3 is 1.92 bits per heavy atom. The van der Waals surface area contributed by atoms with Gasteiger partial charge in [0.25, 0.3) is 18.2 Å². The maximum absolute atomic E-state index is 16.6. The Morgan fingerprint density at radius 1 is 0.812 bits per heavy atom. The van der Waals surface area contributed by atoms with E-state index in [1.54, 1.807) is 24.3 Å². The van der Waals surface area contributed by atoms with E-state index in [9.17, 15) is 28.7 Å². The molecule has 0 saturated carbocycles. The third-order valence-electron chi connectivity index (χ3n) is 7.74. The summed E-state index contributed by atoms with van der Waals surface area (Å²) in [4.78, 5) is 52.1. The van der Waals surface area contributed by atoms with Gasteiger partial charge in [-0.05, 0) is 34.7 Å². The Hall–Kier alpha value is -5.45. The van der Waals surface area contributed by atoms with Crippen LogP contribution in [-0.2, 0) is 20.1 Å². The zero-order chi connectivity index (χ0) is 34.8. The third-order valence-corrected chi connectivity index (χ3v) is 7.74. The molecule has 250 valence electrons. The van der Waals surface area contributed by atoms with E-state index in [-0.39, 0.29) is 47.7 Å². The standard InChI is InChI=1S/C37H35F3N2O6/c1-24(26-13-5-3-6-14-26)23-42(22-21-32(44)45)36(47)31-20-12-10-18-29(31)28-17-9-11-19-30(28)35(46)41-37(40,27-15-7-4-8-16-27)33(38)34(39)48-25(2)43/h3-20,24,33-34H,21-23H2,1-2H3,(H,41,46)(H,44,45). The third kappa shape index (κ3) is 8.47. The number of nitrogens with zero attached hydrogens (tertiary/aromatic N) is 1. The highest BCUT2D eigenvalue weighted by atomic mass is 19.2. The molecule has 0 heterocycles.